The monoisotopic (exact) mass is 388 g/mol. The number of nitrogens with two attached hydrogens (primary N) is 1. The summed E-state index contributed by atoms with van der Waals surface area (Å²) in [5.74, 6) is -1.23. The van der Waals surface area contributed by atoms with Gasteiger partial charge in [-0.1, -0.05) is 23.8 Å². The molecule has 4 N–H and O–H groups in total. The fourth-order valence-corrected chi connectivity index (χ4v) is 4.91. The molecule has 1 spiro atoms. The van der Waals surface area contributed by atoms with Crippen molar-refractivity contribution in [1.82, 2.24) is 10.3 Å². The van der Waals surface area contributed by atoms with Crippen LogP contribution >= 0.6 is 11.6 Å². The topological polar surface area (TPSA) is 114 Å². The van der Waals surface area contributed by atoms with Crippen LogP contribution in [0.1, 0.15) is 19.3 Å². The normalized spacial score (nSPS) is 28.9. The Morgan fingerprint density at radius 1 is 1.15 bits per heavy atom. The largest absolute Gasteiger partial charge is 0.370 e. The van der Waals surface area contributed by atoms with E-state index in [2.05, 4.69) is 27.8 Å². The predicted molar refractivity (Wildman–Crippen MR) is 99.5 cm³/mol. The Labute approximate surface area is 161 Å². The van der Waals surface area contributed by atoms with E-state index in [4.69, 9.17) is 17.3 Å². The van der Waals surface area contributed by atoms with Crippen LogP contribution in [0, 0.1) is 29.1 Å². The molecular formula is C19H21ClN4O3. The van der Waals surface area contributed by atoms with Crippen LogP contribution < -0.4 is 16.4 Å². The van der Waals surface area contributed by atoms with Gasteiger partial charge < -0.3 is 16.4 Å². The molecule has 3 aliphatic rings. The Bertz CT molecular complexity index is 819. The summed E-state index contributed by atoms with van der Waals surface area (Å²) < 4.78 is 0. The fraction of sp³-hybridized carbons (Fsp3) is 0.474. The Morgan fingerprint density at radius 2 is 1.81 bits per heavy atom. The number of carbonyl (C=O) groups is 3. The molecule has 142 valence electrons. The molecule has 3 aliphatic carbocycles. The average Bonchev–Trinajstić information content (AvgIpc) is 3.29. The molecule has 2 bridgehead atoms. The highest BCUT2D eigenvalue weighted by Gasteiger charge is 2.69. The van der Waals surface area contributed by atoms with E-state index in [-0.39, 0.29) is 42.0 Å². The molecule has 0 saturated heterocycles. The highest BCUT2D eigenvalue weighted by molar-refractivity contribution is 6.30. The Hall–Kier alpha value is -2.41. The van der Waals surface area contributed by atoms with Gasteiger partial charge in [-0.05, 0) is 42.2 Å². The summed E-state index contributed by atoms with van der Waals surface area (Å²) in [6.07, 6.45) is 7.78. The van der Waals surface area contributed by atoms with E-state index >= 15 is 0 Å². The number of anilines is 1. The van der Waals surface area contributed by atoms with Crippen molar-refractivity contribution < 1.29 is 14.4 Å². The minimum atomic E-state index is -0.468. The van der Waals surface area contributed by atoms with Gasteiger partial charge in [0.05, 0.1) is 16.9 Å². The number of hydrogen-bond donors (Lipinski definition) is 3. The number of hydrogen-bond acceptors (Lipinski definition) is 4. The molecule has 1 aromatic heterocycles. The van der Waals surface area contributed by atoms with E-state index in [1.165, 1.54) is 6.20 Å². The van der Waals surface area contributed by atoms with Crippen molar-refractivity contribution in [2.75, 3.05) is 11.9 Å². The standard InChI is InChI=1S/C19H21ClN4O3/c20-10-1-4-14(23-9-10)24-18(27)16-12-3-2-11(19(12)6-7-19)15(16)17(26)22-8-5-13(21)25/h1-4,9,11-12,15-16H,5-8H2,(H2,21,25)(H,22,26)(H,23,24,27)/t11-,12-,15-,16-/m1/s1. The van der Waals surface area contributed by atoms with Crippen LogP contribution in [0.15, 0.2) is 30.5 Å². The molecule has 8 heteroatoms. The number of amides is 3. The Kier molecular flexibility index (Phi) is 4.42. The molecule has 1 heterocycles. The lowest BCUT2D eigenvalue weighted by Crippen LogP contribution is -2.42. The average molecular weight is 389 g/mol. The first kappa shape index (κ1) is 18.0. The molecule has 2 fully saturated rings. The first-order valence-corrected chi connectivity index (χ1v) is 9.47. The van der Waals surface area contributed by atoms with E-state index in [1.54, 1.807) is 12.1 Å². The van der Waals surface area contributed by atoms with Crippen LogP contribution in [0.5, 0.6) is 0 Å². The van der Waals surface area contributed by atoms with Crippen molar-refractivity contribution in [2.24, 2.45) is 34.8 Å². The lowest BCUT2D eigenvalue weighted by molar-refractivity contribution is -0.133. The van der Waals surface area contributed by atoms with E-state index < -0.39 is 17.7 Å². The number of pyridine rings is 1. The number of aromatic nitrogens is 1. The molecule has 0 aliphatic heterocycles. The molecule has 3 amide bonds. The fourth-order valence-electron chi connectivity index (χ4n) is 4.80. The number of nitrogens with zero attached hydrogens (tertiary/aromatic N) is 1. The van der Waals surface area contributed by atoms with E-state index in [1.807, 2.05) is 0 Å². The lowest BCUT2D eigenvalue weighted by Gasteiger charge is -2.26. The third-order valence-electron chi connectivity index (χ3n) is 6.10. The van der Waals surface area contributed by atoms with Gasteiger partial charge >= 0.3 is 0 Å². The van der Waals surface area contributed by atoms with Gasteiger partial charge in [0.25, 0.3) is 0 Å². The Balaban J connectivity index is 1.52. The second kappa shape index (κ2) is 6.64. The van der Waals surface area contributed by atoms with Crippen LogP contribution in [0.4, 0.5) is 5.82 Å². The van der Waals surface area contributed by atoms with Crippen LogP contribution in [-0.2, 0) is 14.4 Å². The lowest BCUT2D eigenvalue weighted by atomic mass is 9.81. The molecule has 4 atom stereocenters. The zero-order valence-corrected chi connectivity index (χ0v) is 15.4. The van der Waals surface area contributed by atoms with Crippen molar-refractivity contribution >= 4 is 35.1 Å². The molecule has 0 radical (unpaired) electrons. The first-order valence-electron chi connectivity index (χ1n) is 9.09. The van der Waals surface area contributed by atoms with Gasteiger partial charge in [-0.25, -0.2) is 4.98 Å². The molecule has 0 unspecified atom stereocenters. The molecule has 27 heavy (non-hydrogen) atoms. The summed E-state index contributed by atoms with van der Waals surface area (Å²) >= 11 is 5.84. The highest BCUT2D eigenvalue weighted by Crippen LogP contribution is 2.72. The van der Waals surface area contributed by atoms with E-state index in [0.717, 1.165) is 12.8 Å². The molecule has 4 rings (SSSR count). The number of rotatable bonds is 6. The summed E-state index contributed by atoms with van der Waals surface area (Å²) in [6, 6.07) is 3.29. The van der Waals surface area contributed by atoms with Crippen LogP contribution in [0.3, 0.4) is 0 Å². The summed E-state index contributed by atoms with van der Waals surface area (Å²) in [5.41, 5.74) is 5.18. The minimum Gasteiger partial charge on any atom is -0.370 e. The highest BCUT2D eigenvalue weighted by atomic mass is 35.5. The van der Waals surface area contributed by atoms with Crippen molar-refractivity contribution in [2.45, 2.75) is 19.3 Å². The van der Waals surface area contributed by atoms with Gasteiger partial charge in [0.15, 0.2) is 0 Å². The maximum Gasteiger partial charge on any atom is 0.230 e. The number of halogens is 1. The minimum absolute atomic E-state index is 0.0428. The smallest absolute Gasteiger partial charge is 0.230 e. The molecule has 7 nitrogen and oxygen atoms in total. The van der Waals surface area contributed by atoms with Crippen LogP contribution in [0.2, 0.25) is 5.02 Å². The second-order valence-corrected chi connectivity index (χ2v) is 8.02. The van der Waals surface area contributed by atoms with Gasteiger partial charge in [0.1, 0.15) is 5.82 Å². The number of nitrogens with one attached hydrogen (secondary N) is 2. The summed E-state index contributed by atoms with van der Waals surface area (Å²) in [5, 5.41) is 6.09. The van der Waals surface area contributed by atoms with E-state index in [0.29, 0.717) is 10.8 Å². The van der Waals surface area contributed by atoms with Crippen molar-refractivity contribution in [3.05, 3.63) is 35.5 Å². The number of primary amides is 1. The van der Waals surface area contributed by atoms with Gasteiger partial charge in [0, 0.05) is 19.2 Å². The SMILES string of the molecule is NC(=O)CCNC(=O)[C@H]1[C@H](C(=O)Nc2ccc(Cl)cn2)[C@H]2C=C[C@H]1C21CC1. The van der Waals surface area contributed by atoms with Gasteiger partial charge in [0.2, 0.25) is 17.7 Å². The van der Waals surface area contributed by atoms with E-state index in [9.17, 15) is 14.4 Å². The van der Waals surface area contributed by atoms with Crippen molar-refractivity contribution in [1.29, 1.82) is 0 Å². The first-order chi connectivity index (χ1) is 12.9. The van der Waals surface area contributed by atoms with Crippen LogP contribution in [-0.4, -0.2) is 29.3 Å². The van der Waals surface area contributed by atoms with Gasteiger partial charge in [-0.2, -0.15) is 0 Å². The second-order valence-electron chi connectivity index (χ2n) is 7.58. The van der Waals surface area contributed by atoms with Crippen molar-refractivity contribution in [3.8, 4) is 0 Å². The third kappa shape index (κ3) is 3.10. The molecular weight excluding hydrogens is 368 g/mol. The zero-order chi connectivity index (χ0) is 19.2. The Morgan fingerprint density at radius 3 is 2.37 bits per heavy atom. The molecule has 1 aromatic rings. The van der Waals surface area contributed by atoms with Gasteiger partial charge in [-0.3, -0.25) is 14.4 Å². The summed E-state index contributed by atoms with van der Waals surface area (Å²) in [4.78, 5) is 40.9. The number of carbonyl (C=O) groups excluding carboxylic acids is 3. The van der Waals surface area contributed by atoms with Gasteiger partial charge in [-0.15, -0.1) is 0 Å². The summed E-state index contributed by atoms with van der Waals surface area (Å²) in [6.45, 7) is 0.186. The quantitative estimate of drug-likeness (QED) is 0.640. The third-order valence-corrected chi connectivity index (χ3v) is 6.32. The van der Waals surface area contributed by atoms with Crippen LogP contribution in [0.25, 0.3) is 0 Å². The number of allylic oxidation sites excluding steroid dienone is 2. The maximum absolute atomic E-state index is 13.0. The molecule has 0 aromatic carbocycles. The predicted octanol–water partition coefficient (Wildman–Crippen LogP) is 1.49. The van der Waals surface area contributed by atoms with Crippen molar-refractivity contribution in [3.63, 3.8) is 0 Å². The summed E-state index contributed by atoms with van der Waals surface area (Å²) in [7, 11) is 0. The zero-order valence-electron chi connectivity index (χ0n) is 14.7. The molecule has 2 saturated carbocycles. The maximum atomic E-state index is 13.0.